The minimum absolute atomic E-state index is 0.400. The van der Waals surface area contributed by atoms with Crippen molar-refractivity contribution in [2.75, 3.05) is 13.7 Å². The van der Waals surface area contributed by atoms with Crippen LogP contribution < -0.4 is 10.1 Å². The second-order valence-corrected chi connectivity index (χ2v) is 4.57. The maximum absolute atomic E-state index is 5.90. The molecule has 1 aliphatic rings. The average molecular weight is 239 g/mol. The zero-order valence-electron chi connectivity index (χ0n) is 10.5. The topological polar surface area (TPSA) is 21.3 Å². The molecule has 0 spiro atoms. The molecule has 0 saturated heterocycles. The van der Waals surface area contributed by atoms with Gasteiger partial charge in [0.1, 0.15) is 5.75 Å². The maximum atomic E-state index is 5.90. The fourth-order valence-electron chi connectivity index (χ4n) is 2.57. The summed E-state index contributed by atoms with van der Waals surface area (Å²) in [4.78, 5) is 0. The first-order valence-corrected chi connectivity index (χ1v) is 6.38. The summed E-state index contributed by atoms with van der Waals surface area (Å²) in [6.45, 7) is 0.780. The van der Waals surface area contributed by atoms with Gasteiger partial charge in [0.25, 0.3) is 0 Å². The Morgan fingerprint density at radius 2 is 1.89 bits per heavy atom. The van der Waals surface area contributed by atoms with Gasteiger partial charge >= 0.3 is 0 Å². The molecule has 2 nitrogen and oxygen atoms in total. The van der Waals surface area contributed by atoms with E-state index in [0.29, 0.717) is 6.04 Å². The monoisotopic (exact) mass is 239 g/mol. The van der Waals surface area contributed by atoms with E-state index in [9.17, 15) is 0 Å². The summed E-state index contributed by atoms with van der Waals surface area (Å²) >= 11 is 0. The normalized spacial score (nSPS) is 17.9. The van der Waals surface area contributed by atoms with Crippen molar-refractivity contribution in [3.63, 3.8) is 0 Å². The largest absolute Gasteiger partial charge is 0.493 e. The Labute approximate surface area is 108 Å². The second-order valence-electron chi connectivity index (χ2n) is 4.57. The Balaban J connectivity index is 2.12. The van der Waals surface area contributed by atoms with Gasteiger partial charge in [-0.2, -0.15) is 0 Å². The molecule has 0 amide bonds. The van der Waals surface area contributed by atoms with E-state index in [1.54, 1.807) is 0 Å². The van der Waals surface area contributed by atoms with Crippen LogP contribution in [-0.4, -0.2) is 13.7 Å². The number of nitrogens with one attached hydrogen (secondary N) is 1. The number of hydrogen-bond donors (Lipinski definition) is 1. The van der Waals surface area contributed by atoms with Crippen LogP contribution in [0, 0.1) is 0 Å². The lowest BCUT2D eigenvalue weighted by molar-refractivity contribution is 0.258. The molecule has 1 aliphatic heterocycles. The number of hydrogen-bond acceptors (Lipinski definition) is 2. The molecule has 0 fully saturated rings. The molecule has 2 heteroatoms. The number of fused-ring (bicyclic) bond motifs is 1. The van der Waals surface area contributed by atoms with Gasteiger partial charge in [-0.15, -0.1) is 0 Å². The summed E-state index contributed by atoms with van der Waals surface area (Å²) < 4.78 is 5.90. The zero-order chi connectivity index (χ0) is 12.4. The summed E-state index contributed by atoms with van der Waals surface area (Å²) in [5.41, 5.74) is 3.67. The molecule has 0 aromatic heterocycles. The van der Waals surface area contributed by atoms with E-state index in [0.717, 1.165) is 18.8 Å². The smallest absolute Gasteiger partial charge is 0.131 e. The number of ether oxygens (including phenoxy) is 1. The number of para-hydroxylation sites is 1. The van der Waals surface area contributed by atoms with E-state index in [4.69, 9.17) is 4.74 Å². The first kappa shape index (κ1) is 11.3. The van der Waals surface area contributed by atoms with Crippen molar-refractivity contribution in [2.24, 2.45) is 0 Å². The second kappa shape index (κ2) is 4.83. The molecule has 18 heavy (non-hydrogen) atoms. The predicted octanol–water partition coefficient (Wildman–Crippen LogP) is 3.40. The lowest BCUT2D eigenvalue weighted by atomic mass is 9.94. The van der Waals surface area contributed by atoms with Crippen molar-refractivity contribution >= 4 is 0 Å². The minimum atomic E-state index is 0.400. The zero-order valence-corrected chi connectivity index (χ0v) is 10.5. The van der Waals surface area contributed by atoms with Gasteiger partial charge in [-0.05, 0) is 12.6 Å². The molecule has 1 heterocycles. The van der Waals surface area contributed by atoms with Gasteiger partial charge in [-0.1, -0.05) is 48.5 Å². The van der Waals surface area contributed by atoms with Crippen molar-refractivity contribution in [1.29, 1.82) is 0 Å². The third kappa shape index (κ3) is 1.89. The Kier molecular flexibility index (Phi) is 3.03. The van der Waals surface area contributed by atoms with Gasteiger partial charge in [0.05, 0.1) is 6.61 Å². The molecule has 0 radical (unpaired) electrons. The fourth-order valence-corrected chi connectivity index (χ4v) is 2.57. The van der Waals surface area contributed by atoms with Crippen LogP contribution in [0.15, 0.2) is 48.5 Å². The molecule has 3 rings (SSSR count). The highest BCUT2D eigenvalue weighted by molar-refractivity contribution is 5.72. The average Bonchev–Trinajstić information content (AvgIpc) is 2.47. The molecule has 92 valence electrons. The van der Waals surface area contributed by atoms with Crippen LogP contribution in [0.4, 0.5) is 0 Å². The van der Waals surface area contributed by atoms with Gasteiger partial charge in [0, 0.05) is 23.6 Å². The highest BCUT2D eigenvalue weighted by Gasteiger charge is 2.22. The molecule has 2 aromatic carbocycles. The summed E-state index contributed by atoms with van der Waals surface area (Å²) in [6.07, 6.45) is 1.03. The van der Waals surface area contributed by atoms with Crippen molar-refractivity contribution < 1.29 is 4.74 Å². The first-order valence-electron chi connectivity index (χ1n) is 6.38. The lowest BCUT2D eigenvalue weighted by Crippen LogP contribution is -2.24. The third-order valence-corrected chi connectivity index (χ3v) is 3.51. The van der Waals surface area contributed by atoms with Crippen LogP contribution in [0.25, 0.3) is 11.1 Å². The molecule has 1 unspecified atom stereocenters. The van der Waals surface area contributed by atoms with Crippen molar-refractivity contribution in [2.45, 2.75) is 12.5 Å². The van der Waals surface area contributed by atoms with E-state index in [-0.39, 0.29) is 0 Å². The van der Waals surface area contributed by atoms with E-state index >= 15 is 0 Å². The van der Waals surface area contributed by atoms with Crippen LogP contribution in [0.3, 0.4) is 0 Å². The van der Waals surface area contributed by atoms with Crippen LogP contribution >= 0.6 is 0 Å². The van der Waals surface area contributed by atoms with Crippen molar-refractivity contribution in [3.05, 3.63) is 54.1 Å². The fraction of sp³-hybridized carbons (Fsp3) is 0.250. The van der Waals surface area contributed by atoms with Crippen LogP contribution in [-0.2, 0) is 0 Å². The molecular formula is C16H17NO. The van der Waals surface area contributed by atoms with Crippen LogP contribution in [0.1, 0.15) is 18.0 Å². The Bertz CT molecular complexity index is 536. The van der Waals surface area contributed by atoms with Crippen molar-refractivity contribution in [3.8, 4) is 16.9 Å². The molecule has 0 bridgehead atoms. The quantitative estimate of drug-likeness (QED) is 0.867. The van der Waals surface area contributed by atoms with Crippen molar-refractivity contribution in [1.82, 2.24) is 5.32 Å². The van der Waals surface area contributed by atoms with E-state index in [1.807, 2.05) is 13.1 Å². The van der Waals surface area contributed by atoms with E-state index in [1.165, 1.54) is 16.7 Å². The summed E-state index contributed by atoms with van der Waals surface area (Å²) in [7, 11) is 2.01. The molecule has 0 aliphatic carbocycles. The molecule has 2 aromatic rings. The predicted molar refractivity (Wildman–Crippen MR) is 73.8 cm³/mol. The third-order valence-electron chi connectivity index (χ3n) is 3.51. The molecule has 0 saturated carbocycles. The molecule has 1 N–H and O–H groups in total. The van der Waals surface area contributed by atoms with Gasteiger partial charge in [-0.3, -0.25) is 0 Å². The number of benzene rings is 2. The Morgan fingerprint density at radius 1 is 1.06 bits per heavy atom. The molecular weight excluding hydrogens is 222 g/mol. The Hall–Kier alpha value is -1.80. The first-order chi connectivity index (χ1) is 8.90. The van der Waals surface area contributed by atoms with Gasteiger partial charge in [0.2, 0.25) is 0 Å². The SMILES string of the molecule is CNC1CCOc2c(-c3ccccc3)cccc21. The summed E-state index contributed by atoms with van der Waals surface area (Å²) in [6, 6.07) is 17.2. The van der Waals surface area contributed by atoms with Crippen LogP contribution in [0.5, 0.6) is 5.75 Å². The Morgan fingerprint density at radius 3 is 2.67 bits per heavy atom. The van der Waals surface area contributed by atoms with E-state index < -0.39 is 0 Å². The van der Waals surface area contributed by atoms with Gasteiger partial charge in [-0.25, -0.2) is 0 Å². The summed E-state index contributed by atoms with van der Waals surface area (Å²) in [5.74, 6) is 1.04. The van der Waals surface area contributed by atoms with Gasteiger partial charge < -0.3 is 10.1 Å². The summed E-state index contributed by atoms with van der Waals surface area (Å²) in [5, 5.41) is 3.36. The highest BCUT2D eigenvalue weighted by Crippen LogP contribution is 2.39. The van der Waals surface area contributed by atoms with E-state index in [2.05, 4.69) is 47.8 Å². The molecule has 1 atom stereocenters. The highest BCUT2D eigenvalue weighted by atomic mass is 16.5. The minimum Gasteiger partial charge on any atom is -0.493 e. The number of rotatable bonds is 2. The van der Waals surface area contributed by atoms with Crippen LogP contribution in [0.2, 0.25) is 0 Å². The lowest BCUT2D eigenvalue weighted by Gasteiger charge is -2.27. The maximum Gasteiger partial charge on any atom is 0.131 e. The standard InChI is InChI=1S/C16H17NO/c1-17-15-10-11-18-16-13(8-5-9-14(15)16)12-6-3-2-4-7-12/h2-9,15,17H,10-11H2,1H3. The van der Waals surface area contributed by atoms with Gasteiger partial charge in [0.15, 0.2) is 0 Å².